The lowest BCUT2D eigenvalue weighted by Crippen LogP contribution is -2.15. The highest BCUT2D eigenvalue weighted by atomic mass is 16.5. The van der Waals surface area contributed by atoms with E-state index in [1.807, 2.05) is 18.2 Å². The molecule has 6 nitrogen and oxygen atoms in total. The molecule has 0 saturated heterocycles. The van der Waals surface area contributed by atoms with E-state index < -0.39 is 5.56 Å². The molecule has 0 unspecified atom stereocenters. The molecular weight excluding hydrogens is 220 g/mol. The summed E-state index contributed by atoms with van der Waals surface area (Å²) in [5.74, 6) is 0.157. The van der Waals surface area contributed by atoms with Gasteiger partial charge in [0.15, 0.2) is 5.69 Å². The predicted octanol–water partition coefficient (Wildman–Crippen LogP) is 0.369. The Morgan fingerprint density at radius 1 is 1.35 bits per heavy atom. The lowest BCUT2D eigenvalue weighted by atomic mass is 10.3. The third-order valence-corrected chi connectivity index (χ3v) is 2.18. The molecule has 0 aliphatic rings. The van der Waals surface area contributed by atoms with Crippen LogP contribution in [0.1, 0.15) is 5.69 Å². The number of hydrogen-bond acceptors (Lipinski definition) is 5. The fourth-order valence-corrected chi connectivity index (χ4v) is 1.31. The molecule has 0 atom stereocenters. The Morgan fingerprint density at radius 3 is 3.00 bits per heavy atom. The van der Waals surface area contributed by atoms with Crippen LogP contribution in [0.15, 0.2) is 35.5 Å². The van der Waals surface area contributed by atoms with Crippen LogP contribution in [0.25, 0.3) is 0 Å². The second-order valence-electron chi connectivity index (χ2n) is 3.37. The average molecular weight is 232 g/mol. The zero-order valence-corrected chi connectivity index (χ0v) is 9.09. The number of anilines is 1. The van der Waals surface area contributed by atoms with Gasteiger partial charge in [-0.05, 0) is 12.1 Å². The maximum absolute atomic E-state index is 11.2. The topological polar surface area (TPSA) is 93.9 Å². The minimum absolute atomic E-state index is 0.00600. The molecule has 0 spiro atoms. The molecule has 2 aromatic heterocycles. The molecule has 2 rings (SSSR count). The van der Waals surface area contributed by atoms with E-state index >= 15 is 0 Å². The first kappa shape index (κ1) is 11.1. The van der Waals surface area contributed by atoms with Crippen molar-refractivity contribution in [2.75, 3.05) is 12.3 Å². The molecule has 88 valence electrons. The van der Waals surface area contributed by atoms with Crippen molar-refractivity contribution in [2.24, 2.45) is 0 Å². The van der Waals surface area contributed by atoms with E-state index in [2.05, 4.69) is 15.0 Å². The minimum atomic E-state index is -0.396. The van der Waals surface area contributed by atoms with Crippen LogP contribution >= 0.6 is 0 Å². The number of hydrogen-bond donors (Lipinski definition) is 2. The van der Waals surface area contributed by atoms with Crippen molar-refractivity contribution < 1.29 is 4.74 Å². The second kappa shape index (κ2) is 5.11. The van der Waals surface area contributed by atoms with Crippen molar-refractivity contribution >= 4 is 5.69 Å². The number of aromatic nitrogens is 3. The minimum Gasteiger partial charge on any atom is -0.476 e. The Morgan fingerprint density at radius 2 is 2.24 bits per heavy atom. The quantitative estimate of drug-likeness (QED) is 0.794. The summed E-state index contributed by atoms with van der Waals surface area (Å²) in [4.78, 5) is 21.5. The van der Waals surface area contributed by atoms with Crippen molar-refractivity contribution in [1.82, 2.24) is 15.0 Å². The van der Waals surface area contributed by atoms with Crippen molar-refractivity contribution in [2.45, 2.75) is 6.42 Å². The van der Waals surface area contributed by atoms with Crippen molar-refractivity contribution in [3.63, 3.8) is 0 Å². The van der Waals surface area contributed by atoms with Gasteiger partial charge in [-0.25, -0.2) is 4.98 Å². The highest BCUT2D eigenvalue weighted by Gasteiger charge is 2.05. The van der Waals surface area contributed by atoms with Gasteiger partial charge in [-0.15, -0.1) is 0 Å². The molecule has 0 bridgehead atoms. The van der Waals surface area contributed by atoms with Gasteiger partial charge in [0.2, 0.25) is 5.88 Å². The first-order valence-electron chi connectivity index (χ1n) is 5.13. The van der Waals surface area contributed by atoms with Crippen LogP contribution in [0.2, 0.25) is 0 Å². The monoisotopic (exact) mass is 232 g/mol. The third-order valence-electron chi connectivity index (χ3n) is 2.18. The van der Waals surface area contributed by atoms with Crippen LogP contribution in [0.3, 0.4) is 0 Å². The van der Waals surface area contributed by atoms with Gasteiger partial charge in [-0.1, -0.05) is 6.07 Å². The Bertz CT molecular complexity index is 539. The first-order chi connectivity index (χ1) is 8.27. The highest BCUT2D eigenvalue weighted by molar-refractivity contribution is 5.44. The van der Waals surface area contributed by atoms with E-state index in [1.54, 1.807) is 6.20 Å². The number of ether oxygens (including phenoxy) is 1. The van der Waals surface area contributed by atoms with Crippen LogP contribution in [0, 0.1) is 0 Å². The summed E-state index contributed by atoms with van der Waals surface area (Å²) in [6, 6.07) is 5.65. The highest BCUT2D eigenvalue weighted by Crippen LogP contribution is 2.10. The number of nitrogens with one attached hydrogen (secondary N) is 1. The number of nitrogens with two attached hydrogens (primary N) is 1. The van der Waals surface area contributed by atoms with Gasteiger partial charge in [0.05, 0.1) is 12.9 Å². The lowest BCUT2D eigenvalue weighted by Gasteiger charge is -2.05. The summed E-state index contributed by atoms with van der Waals surface area (Å²) in [5, 5.41) is 0. The normalized spacial score (nSPS) is 10.1. The smallest absolute Gasteiger partial charge is 0.277 e. The van der Waals surface area contributed by atoms with Crippen LogP contribution in [0.4, 0.5) is 5.69 Å². The van der Waals surface area contributed by atoms with Gasteiger partial charge in [0.25, 0.3) is 5.56 Å². The van der Waals surface area contributed by atoms with E-state index in [0.29, 0.717) is 13.0 Å². The van der Waals surface area contributed by atoms with Crippen LogP contribution < -0.4 is 16.0 Å². The number of nitrogens with zero attached hydrogens (tertiary/aromatic N) is 2. The molecule has 17 heavy (non-hydrogen) atoms. The molecule has 0 saturated carbocycles. The summed E-state index contributed by atoms with van der Waals surface area (Å²) in [6.07, 6.45) is 3.61. The third kappa shape index (κ3) is 2.81. The van der Waals surface area contributed by atoms with E-state index in [9.17, 15) is 4.79 Å². The Labute approximate surface area is 97.5 Å². The van der Waals surface area contributed by atoms with Crippen molar-refractivity contribution in [3.8, 4) is 5.88 Å². The molecule has 3 N–H and O–H groups in total. The maximum atomic E-state index is 11.2. The van der Waals surface area contributed by atoms with Gasteiger partial charge in [0, 0.05) is 18.3 Å². The van der Waals surface area contributed by atoms with E-state index in [-0.39, 0.29) is 11.6 Å². The number of aromatic amines is 1. The second-order valence-corrected chi connectivity index (χ2v) is 3.37. The van der Waals surface area contributed by atoms with Gasteiger partial charge < -0.3 is 15.5 Å². The molecule has 0 fully saturated rings. The van der Waals surface area contributed by atoms with Crippen molar-refractivity contribution in [3.05, 3.63) is 46.8 Å². The lowest BCUT2D eigenvalue weighted by molar-refractivity contribution is 0.309. The molecule has 2 aromatic rings. The Hall–Kier alpha value is -2.37. The summed E-state index contributed by atoms with van der Waals surface area (Å²) in [7, 11) is 0. The van der Waals surface area contributed by atoms with Crippen molar-refractivity contribution in [1.29, 1.82) is 0 Å². The average Bonchev–Trinajstić information content (AvgIpc) is 2.36. The molecule has 0 aromatic carbocycles. The van der Waals surface area contributed by atoms with Gasteiger partial charge in [-0.3, -0.25) is 9.78 Å². The molecule has 6 heteroatoms. The fourth-order valence-electron chi connectivity index (χ4n) is 1.31. The Kier molecular flexibility index (Phi) is 3.34. The summed E-state index contributed by atoms with van der Waals surface area (Å²) in [5.41, 5.74) is 6.03. The van der Waals surface area contributed by atoms with Crippen LogP contribution in [0.5, 0.6) is 5.88 Å². The number of H-pyrrole nitrogens is 1. The number of rotatable bonds is 4. The zero-order chi connectivity index (χ0) is 12.1. The molecule has 0 radical (unpaired) electrons. The van der Waals surface area contributed by atoms with Crippen LogP contribution in [-0.2, 0) is 6.42 Å². The molecular formula is C11H12N4O2. The fraction of sp³-hybridized carbons (Fsp3) is 0.182. The van der Waals surface area contributed by atoms with Gasteiger partial charge >= 0.3 is 0 Å². The molecule has 0 aliphatic heterocycles. The van der Waals surface area contributed by atoms with Crippen LogP contribution in [-0.4, -0.2) is 21.6 Å². The summed E-state index contributed by atoms with van der Waals surface area (Å²) < 4.78 is 5.33. The predicted molar refractivity (Wildman–Crippen MR) is 62.7 cm³/mol. The number of pyridine rings is 1. The SMILES string of the molecule is Nc1c(OCCc2ccccn2)nc[nH]c1=O. The molecule has 2 heterocycles. The molecule has 0 amide bonds. The largest absolute Gasteiger partial charge is 0.476 e. The van der Waals surface area contributed by atoms with E-state index in [1.165, 1.54) is 6.33 Å². The maximum Gasteiger partial charge on any atom is 0.277 e. The van der Waals surface area contributed by atoms with E-state index in [4.69, 9.17) is 10.5 Å². The first-order valence-corrected chi connectivity index (χ1v) is 5.13. The van der Waals surface area contributed by atoms with Gasteiger partial charge in [0.1, 0.15) is 0 Å². The van der Waals surface area contributed by atoms with E-state index in [0.717, 1.165) is 5.69 Å². The summed E-state index contributed by atoms with van der Waals surface area (Å²) in [6.45, 7) is 0.373. The Balaban J connectivity index is 1.95. The molecule has 0 aliphatic carbocycles. The number of nitrogen functional groups attached to an aromatic ring is 1. The van der Waals surface area contributed by atoms with Gasteiger partial charge in [-0.2, -0.15) is 0 Å². The standard InChI is InChI=1S/C11H12N4O2/c12-9-10(16)14-7-15-11(9)17-6-4-8-3-1-2-5-13-8/h1-3,5,7H,4,6,12H2,(H,14,15,16). The zero-order valence-electron chi connectivity index (χ0n) is 9.09. The summed E-state index contributed by atoms with van der Waals surface area (Å²) >= 11 is 0.